The van der Waals surface area contributed by atoms with Crippen LogP contribution in [-0.4, -0.2) is 35.2 Å². The van der Waals surface area contributed by atoms with Crippen LogP contribution in [0.15, 0.2) is 231 Å². The summed E-state index contributed by atoms with van der Waals surface area (Å²) in [4.78, 5) is 0. The third-order valence-corrected chi connectivity index (χ3v) is 16.8. The molecule has 15 aromatic heterocycles. The number of hydrogen-bond acceptors (Lipinski definition) is 0. The van der Waals surface area contributed by atoms with Crippen LogP contribution < -0.4 is 0 Å². The molecular formula is C66H38N8. The largest absolute Gasteiger partial charge is 0.315 e. The van der Waals surface area contributed by atoms with Crippen LogP contribution in [-0.2, 0) is 0 Å². The van der Waals surface area contributed by atoms with Gasteiger partial charge in [0.2, 0.25) is 0 Å². The Morgan fingerprint density at radius 3 is 0.676 bits per heavy atom. The lowest BCUT2D eigenvalue weighted by Crippen LogP contribution is -1.91. The minimum Gasteiger partial charge on any atom is -0.315 e. The second-order valence-electron chi connectivity index (χ2n) is 20.5. The van der Waals surface area contributed by atoms with Crippen LogP contribution in [0.5, 0.6) is 0 Å². The van der Waals surface area contributed by atoms with E-state index in [2.05, 4.69) is 267 Å². The first-order valence-electron chi connectivity index (χ1n) is 25.4. The predicted octanol–water partition coefficient (Wildman–Crippen LogP) is 16.4. The minimum atomic E-state index is 1.10. The second kappa shape index (κ2) is 13.0. The van der Waals surface area contributed by atoms with Crippen molar-refractivity contribution in [3.05, 3.63) is 231 Å². The van der Waals surface area contributed by atoms with Gasteiger partial charge in [0, 0.05) is 135 Å². The van der Waals surface area contributed by atoms with Crippen molar-refractivity contribution in [1.82, 2.24) is 35.2 Å². The molecule has 0 atom stereocenters. The van der Waals surface area contributed by atoms with Gasteiger partial charge in [-0.3, -0.25) is 0 Å². The van der Waals surface area contributed by atoms with E-state index in [0.29, 0.717) is 0 Å². The van der Waals surface area contributed by atoms with Gasteiger partial charge in [0.1, 0.15) is 0 Å². The van der Waals surface area contributed by atoms with Gasteiger partial charge in [-0.05, 0) is 146 Å². The molecule has 24 aromatic rings. The fourth-order valence-electron chi connectivity index (χ4n) is 13.5. The lowest BCUT2D eigenvalue weighted by Gasteiger charge is -2.06. The summed E-state index contributed by atoms with van der Waals surface area (Å²) >= 11 is 0. The van der Waals surface area contributed by atoms with E-state index in [-0.39, 0.29) is 0 Å². The zero-order chi connectivity index (χ0) is 47.7. The molecule has 0 N–H and O–H groups in total. The predicted molar refractivity (Wildman–Crippen MR) is 307 cm³/mol. The molecule has 8 heteroatoms. The average molecular weight is 943 g/mol. The van der Waals surface area contributed by atoms with Crippen LogP contribution in [0.4, 0.5) is 0 Å². The first-order valence-corrected chi connectivity index (χ1v) is 25.4. The molecule has 0 fully saturated rings. The van der Waals surface area contributed by atoms with E-state index in [9.17, 15) is 0 Å². The van der Waals surface area contributed by atoms with Crippen LogP contribution in [0, 0.1) is 0 Å². The quantitative estimate of drug-likeness (QED) is 0.145. The number of rotatable bonds is 0. The SMILES string of the molecule is c1cc2cc(c1)n1c3ccc4cc3c3cc(ccc31)n1ccc3ccc5ccn(c6ccc7c(c6)c6cc(ccc6n7c6cccc(c6)n6ccc7ccc8ccn2c8c76)n2ccc6ccc7ccn4c7c62)c5c31. The topological polar surface area (TPSA) is 35.3 Å². The first-order chi connectivity index (χ1) is 36.6. The molecule has 15 heterocycles. The summed E-state index contributed by atoms with van der Waals surface area (Å²) in [6.07, 6.45) is 13.5. The maximum Gasteiger partial charge on any atom is 0.0777 e. The Balaban J connectivity index is 1.15. The molecule has 8 nitrogen and oxygen atoms in total. The average Bonchev–Trinajstić information content (AvgIpc) is 4.32. The monoisotopic (exact) mass is 942 g/mol. The van der Waals surface area contributed by atoms with Crippen molar-refractivity contribution in [2.45, 2.75) is 0 Å². The van der Waals surface area contributed by atoms with E-state index in [1.807, 2.05) is 0 Å². The summed E-state index contributed by atoms with van der Waals surface area (Å²) in [6, 6.07) is 73.5. The molecule has 0 amide bonds. The summed E-state index contributed by atoms with van der Waals surface area (Å²) < 4.78 is 19.3. The molecule has 24 rings (SSSR count). The van der Waals surface area contributed by atoms with Crippen molar-refractivity contribution in [2.24, 2.45) is 0 Å². The number of benzene rings is 9. The van der Waals surface area contributed by atoms with Crippen LogP contribution in [0.2, 0.25) is 0 Å². The summed E-state index contributed by atoms with van der Waals surface area (Å²) in [6.45, 7) is 0. The van der Waals surface area contributed by atoms with Crippen molar-refractivity contribution >= 4 is 153 Å². The molecule has 0 radical (unpaired) electrons. The smallest absolute Gasteiger partial charge is 0.0777 e. The molecule has 0 saturated carbocycles. The Kier molecular flexibility index (Phi) is 6.62. The highest BCUT2D eigenvalue weighted by molar-refractivity contribution is 6.15. The molecule has 0 aliphatic heterocycles. The number of hydrogen-bond donors (Lipinski definition) is 0. The molecule has 0 unspecified atom stereocenters. The molecule has 0 aliphatic rings. The molecule has 0 spiro atoms. The highest BCUT2D eigenvalue weighted by Gasteiger charge is 2.18. The molecule has 9 aromatic carbocycles. The van der Waals surface area contributed by atoms with Gasteiger partial charge in [0.05, 0.1) is 55.2 Å². The standard InChI is InChI=1S/C66H38N8/c1-3-45-33-51(5-1)73-57-17-13-47-35-53(57)54-36-48(14-18-58(54)73)70-30-24-42-10-12-44-26-32-72(66(44)64(42)70)50-16-20-60-56(38-50)55-37-49(71-31-25-43-11-9-41-23-29-69(47)63(41)65(43)71)15-19-59(55)74(60)52-6-2-4-46(34-52)68-28-22-40-8-7-39-21-27-67(45)61(39)62(40)68/h1-38H. The van der Waals surface area contributed by atoms with Gasteiger partial charge >= 0.3 is 0 Å². The zero-order valence-corrected chi connectivity index (χ0v) is 39.5. The first kappa shape index (κ1) is 37.6. The van der Waals surface area contributed by atoms with Crippen molar-refractivity contribution in [2.75, 3.05) is 0 Å². The third kappa shape index (κ3) is 4.61. The van der Waals surface area contributed by atoms with Crippen LogP contribution in [0.1, 0.15) is 0 Å². The highest BCUT2D eigenvalue weighted by Crippen LogP contribution is 2.38. The minimum absolute atomic E-state index is 1.10. The Hall–Kier alpha value is -10.2. The van der Waals surface area contributed by atoms with E-state index < -0.39 is 0 Å². The van der Waals surface area contributed by atoms with Gasteiger partial charge in [0.15, 0.2) is 0 Å². The summed E-state index contributed by atoms with van der Waals surface area (Å²) in [5, 5.41) is 11.9. The van der Waals surface area contributed by atoms with E-state index >= 15 is 0 Å². The third-order valence-electron chi connectivity index (χ3n) is 16.8. The van der Waals surface area contributed by atoms with Crippen LogP contribution in [0.25, 0.3) is 153 Å². The summed E-state index contributed by atoms with van der Waals surface area (Å²) in [5.41, 5.74) is 20.5. The van der Waals surface area contributed by atoms with E-state index in [4.69, 9.17) is 0 Å². The molecular weight excluding hydrogens is 905 g/mol. The van der Waals surface area contributed by atoms with Crippen LogP contribution in [0.3, 0.4) is 0 Å². The lowest BCUT2D eigenvalue weighted by atomic mass is 10.1. The molecule has 0 saturated heterocycles. The fourth-order valence-corrected chi connectivity index (χ4v) is 13.5. The maximum atomic E-state index is 2.46. The fraction of sp³-hybridized carbons (Fsp3) is 0. The van der Waals surface area contributed by atoms with E-state index in [1.54, 1.807) is 0 Å². The second-order valence-corrected chi connectivity index (χ2v) is 20.5. The van der Waals surface area contributed by atoms with Gasteiger partial charge in [-0.2, -0.15) is 0 Å². The van der Waals surface area contributed by atoms with Crippen molar-refractivity contribution < 1.29 is 0 Å². The van der Waals surface area contributed by atoms with E-state index in [1.165, 1.54) is 87.0 Å². The summed E-state index contributed by atoms with van der Waals surface area (Å²) in [7, 11) is 0. The van der Waals surface area contributed by atoms with Crippen molar-refractivity contribution in [3.8, 4) is 0 Å². The molecule has 74 heavy (non-hydrogen) atoms. The van der Waals surface area contributed by atoms with Crippen molar-refractivity contribution in [1.29, 1.82) is 0 Å². The Morgan fingerprint density at radius 2 is 0.419 bits per heavy atom. The molecule has 342 valence electrons. The normalized spacial score (nSPS) is 12.9. The van der Waals surface area contributed by atoms with Crippen molar-refractivity contribution in [3.63, 3.8) is 0 Å². The Morgan fingerprint density at radius 1 is 0.189 bits per heavy atom. The van der Waals surface area contributed by atoms with Gasteiger partial charge < -0.3 is 35.2 Å². The van der Waals surface area contributed by atoms with Gasteiger partial charge in [-0.1, -0.05) is 48.5 Å². The Bertz CT molecular complexity index is 5270. The molecule has 18 bridgehead atoms. The number of nitrogens with zero attached hydrogens (tertiary/aromatic N) is 8. The number of aromatic nitrogens is 8. The zero-order valence-electron chi connectivity index (χ0n) is 39.5. The van der Waals surface area contributed by atoms with E-state index in [0.717, 1.165) is 66.2 Å². The Labute approximate surface area is 417 Å². The van der Waals surface area contributed by atoms with Crippen LogP contribution >= 0.6 is 0 Å². The lowest BCUT2D eigenvalue weighted by molar-refractivity contribution is 1.23. The van der Waals surface area contributed by atoms with Gasteiger partial charge in [-0.25, -0.2) is 0 Å². The summed E-state index contributed by atoms with van der Waals surface area (Å²) in [5.74, 6) is 0. The van der Waals surface area contributed by atoms with Gasteiger partial charge in [0.25, 0.3) is 0 Å². The molecule has 0 aliphatic carbocycles. The maximum absolute atomic E-state index is 2.46. The highest BCUT2D eigenvalue weighted by atomic mass is 15.0. The van der Waals surface area contributed by atoms with Gasteiger partial charge in [-0.15, -0.1) is 0 Å².